The highest BCUT2D eigenvalue weighted by Crippen LogP contribution is 2.10. The predicted molar refractivity (Wildman–Crippen MR) is 61.6 cm³/mol. The molecule has 0 saturated carbocycles. The van der Waals surface area contributed by atoms with Crippen molar-refractivity contribution >= 4 is 15.7 Å². The van der Waals surface area contributed by atoms with Crippen LogP contribution in [0.5, 0.6) is 0 Å². The number of carbonyl (C=O) groups is 1. The number of nitrogens with one attached hydrogen (secondary N) is 1. The Morgan fingerprint density at radius 3 is 2.31 bits per heavy atom. The Morgan fingerprint density at radius 1 is 1.31 bits per heavy atom. The lowest BCUT2D eigenvalue weighted by Gasteiger charge is -2.03. The Morgan fingerprint density at radius 2 is 1.88 bits per heavy atom. The largest absolute Gasteiger partial charge is 0.356 e. The van der Waals surface area contributed by atoms with Crippen LogP contribution < -0.4 is 5.32 Å². The molecule has 0 aromatic heterocycles. The van der Waals surface area contributed by atoms with E-state index >= 15 is 0 Å². The Kier molecular flexibility index (Phi) is 4.06. The SMILES string of the molecule is [CH2]C(=O)NCCc1ccc(S(C)(=O)=O)cc1. The summed E-state index contributed by atoms with van der Waals surface area (Å²) in [4.78, 5) is 10.8. The molecule has 5 heteroatoms. The van der Waals surface area contributed by atoms with E-state index in [0.717, 1.165) is 5.56 Å². The molecular formula is C11H14NO3S. The summed E-state index contributed by atoms with van der Waals surface area (Å²) >= 11 is 0. The standard InChI is InChI=1S/C11H14NO3S/c1-9(13)12-8-7-10-3-5-11(6-4-10)16(2,14)15/h3-6H,1,7-8H2,2H3,(H,12,13). The number of carbonyl (C=O) groups excluding carboxylic acids is 1. The van der Waals surface area contributed by atoms with Gasteiger partial charge in [0.2, 0.25) is 5.91 Å². The average molecular weight is 240 g/mol. The molecule has 0 saturated heterocycles. The molecule has 16 heavy (non-hydrogen) atoms. The quantitative estimate of drug-likeness (QED) is 0.837. The molecule has 0 heterocycles. The lowest BCUT2D eigenvalue weighted by Crippen LogP contribution is -2.22. The molecule has 0 unspecified atom stereocenters. The fourth-order valence-electron chi connectivity index (χ4n) is 1.25. The van der Waals surface area contributed by atoms with Crippen LogP contribution in [0, 0.1) is 6.92 Å². The van der Waals surface area contributed by atoms with E-state index in [0.29, 0.717) is 17.9 Å². The molecule has 1 aromatic carbocycles. The van der Waals surface area contributed by atoms with Crippen LogP contribution in [0.25, 0.3) is 0 Å². The van der Waals surface area contributed by atoms with Gasteiger partial charge in [-0.25, -0.2) is 8.42 Å². The van der Waals surface area contributed by atoms with Crippen LogP contribution in [-0.4, -0.2) is 27.1 Å². The van der Waals surface area contributed by atoms with Gasteiger partial charge in [-0.2, -0.15) is 0 Å². The zero-order valence-corrected chi connectivity index (χ0v) is 9.88. The van der Waals surface area contributed by atoms with Gasteiger partial charge in [-0.05, 0) is 24.1 Å². The van der Waals surface area contributed by atoms with Crippen LogP contribution in [0.3, 0.4) is 0 Å². The molecule has 0 fully saturated rings. The summed E-state index contributed by atoms with van der Waals surface area (Å²) in [5, 5.41) is 2.57. The van der Waals surface area contributed by atoms with Crippen LogP contribution in [0.2, 0.25) is 0 Å². The third-order valence-corrected chi connectivity index (χ3v) is 3.22. The van der Waals surface area contributed by atoms with E-state index in [2.05, 4.69) is 12.2 Å². The zero-order valence-electron chi connectivity index (χ0n) is 9.06. The minimum atomic E-state index is -3.13. The van der Waals surface area contributed by atoms with Gasteiger partial charge in [0.15, 0.2) is 9.84 Å². The summed E-state index contributed by atoms with van der Waals surface area (Å²) in [6.07, 6.45) is 1.83. The lowest BCUT2D eigenvalue weighted by atomic mass is 10.1. The molecule has 0 aliphatic rings. The van der Waals surface area contributed by atoms with Crippen molar-refractivity contribution in [3.8, 4) is 0 Å². The van der Waals surface area contributed by atoms with E-state index in [1.807, 2.05) is 0 Å². The Balaban J connectivity index is 2.62. The van der Waals surface area contributed by atoms with E-state index in [1.54, 1.807) is 24.3 Å². The maximum Gasteiger partial charge on any atom is 0.220 e. The van der Waals surface area contributed by atoms with Gasteiger partial charge in [-0.1, -0.05) is 12.1 Å². The summed E-state index contributed by atoms with van der Waals surface area (Å²) < 4.78 is 22.4. The fourth-order valence-corrected chi connectivity index (χ4v) is 1.88. The van der Waals surface area contributed by atoms with E-state index in [4.69, 9.17) is 0 Å². The Hall–Kier alpha value is -1.36. The second-order valence-electron chi connectivity index (χ2n) is 3.52. The first kappa shape index (κ1) is 12.7. The first-order valence-electron chi connectivity index (χ1n) is 4.78. The fraction of sp³-hybridized carbons (Fsp3) is 0.273. The molecule has 0 aliphatic carbocycles. The molecule has 87 valence electrons. The van der Waals surface area contributed by atoms with Crippen molar-refractivity contribution in [2.75, 3.05) is 12.8 Å². The molecule has 0 aliphatic heterocycles. The molecule has 1 aromatic rings. The normalized spacial score (nSPS) is 11.1. The highest BCUT2D eigenvalue weighted by molar-refractivity contribution is 7.90. The van der Waals surface area contributed by atoms with Crippen molar-refractivity contribution in [2.24, 2.45) is 0 Å². The second kappa shape index (κ2) is 5.12. The Bertz CT molecular complexity index is 463. The first-order chi connectivity index (χ1) is 7.39. The zero-order chi connectivity index (χ0) is 12.2. The minimum Gasteiger partial charge on any atom is -0.356 e. The van der Waals surface area contributed by atoms with Crippen molar-refractivity contribution in [1.82, 2.24) is 5.32 Å². The van der Waals surface area contributed by atoms with Crippen LogP contribution in [0.4, 0.5) is 0 Å². The van der Waals surface area contributed by atoms with Gasteiger partial charge >= 0.3 is 0 Å². The molecule has 1 N–H and O–H groups in total. The van der Waals surface area contributed by atoms with Gasteiger partial charge < -0.3 is 5.32 Å². The maximum absolute atomic E-state index is 11.2. The van der Waals surface area contributed by atoms with Gasteiger partial charge in [0.05, 0.1) is 4.90 Å². The number of amides is 1. The summed E-state index contributed by atoms with van der Waals surface area (Å²) in [7, 11) is -3.13. The van der Waals surface area contributed by atoms with Crippen LogP contribution in [0.15, 0.2) is 29.2 Å². The van der Waals surface area contributed by atoms with Crippen LogP contribution >= 0.6 is 0 Å². The van der Waals surface area contributed by atoms with E-state index in [-0.39, 0.29) is 5.91 Å². The molecule has 0 atom stereocenters. The number of benzene rings is 1. The third kappa shape index (κ3) is 4.02. The van der Waals surface area contributed by atoms with Crippen molar-refractivity contribution in [3.05, 3.63) is 36.8 Å². The Labute approximate surface area is 95.6 Å². The average Bonchev–Trinajstić information content (AvgIpc) is 2.16. The molecule has 1 amide bonds. The molecular weight excluding hydrogens is 226 g/mol. The lowest BCUT2D eigenvalue weighted by molar-refractivity contribution is -0.116. The number of sulfone groups is 1. The van der Waals surface area contributed by atoms with Gasteiger partial charge in [-0.3, -0.25) is 4.79 Å². The summed E-state index contributed by atoms with van der Waals surface area (Å²) in [5.74, 6) is -0.312. The van der Waals surface area contributed by atoms with Crippen LogP contribution in [0.1, 0.15) is 5.56 Å². The van der Waals surface area contributed by atoms with E-state index in [9.17, 15) is 13.2 Å². The number of rotatable bonds is 4. The molecule has 1 rings (SSSR count). The van der Waals surface area contributed by atoms with Gasteiger partial charge in [-0.15, -0.1) is 0 Å². The summed E-state index contributed by atoms with van der Waals surface area (Å²) in [5.41, 5.74) is 0.973. The second-order valence-corrected chi connectivity index (χ2v) is 5.53. The van der Waals surface area contributed by atoms with Crippen molar-refractivity contribution < 1.29 is 13.2 Å². The highest BCUT2D eigenvalue weighted by atomic mass is 32.2. The van der Waals surface area contributed by atoms with Crippen LogP contribution in [-0.2, 0) is 21.1 Å². The minimum absolute atomic E-state index is 0.303. The van der Waals surface area contributed by atoms with E-state index < -0.39 is 9.84 Å². The monoisotopic (exact) mass is 240 g/mol. The van der Waals surface area contributed by atoms with E-state index in [1.165, 1.54) is 6.26 Å². The highest BCUT2D eigenvalue weighted by Gasteiger charge is 2.05. The topological polar surface area (TPSA) is 63.2 Å². The number of hydrogen-bond donors (Lipinski definition) is 1. The van der Waals surface area contributed by atoms with Crippen molar-refractivity contribution in [3.63, 3.8) is 0 Å². The van der Waals surface area contributed by atoms with Crippen molar-refractivity contribution in [2.45, 2.75) is 11.3 Å². The third-order valence-electron chi connectivity index (χ3n) is 2.09. The maximum atomic E-state index is 11.2. The molecule has 4 nitrogen and oxygen atoms in total. The predicted octanol–water partition coefficient (Wildman–Crippen LogP) is 0.583. The molecule has 0 bridgehead atoms. The van der Waals surface area contributed by atoms with Gasteiger partial charge in [0.1, 0.15) is 0 Å². The van der Waals surface area contributed by atoms with Crippen molar-refractivity contribution in [1.29, 1.82) is 0 Å². The number of hydrogen-bond acceptors (Lipinski definition) is 3. The summed E-state index contributed by atoms with van der Waals surface area (Å²) in [6.45, 7) is 3.69. The van der Waals surface area contributed by atoms with Gasteiger partial charge in [0, 0.05) is 19.7 Å². The first-order valence-corrected chi connectivity index (χ1v) is 6.67. The summed E-state index contributed by atoms with van der Waals surface area (Å²) in [6, 6.07) is 6.62. The smallest absolute Gasteiger partial charge is 0.220 e. The molecule has 1 radical (unpaired) electrons. The van der Waals surface area contributed by atoms with Gasteiger partial charge in [0.25, 0.3) is 0 Å². The molecule has 0 spiro atoms.